The van der Waals surface area contributed by atoms with Gasteiger partial charge >= 0.3 is 0 Å². The summed E-state index contributed by atoms with van der Waals surface area (Å²) < 4.78 is 11.3. The van der Waals surface area contributed by atoms with E-state index in [1.165, 1.54) is 5.56 Å². The van der Waals surface area contributed by atoms with E-state index in [1.807, 2.05) is 50.2 Å². The Labute approximate surface area is 142 Å². The molecular formula is C19H22ClNO2. The minimum atomic E-state index is 0.0770. The molecule has 0 bridgehead atoms. The largest absolute Gasteiger partial charge is 0.493 e. The van der Waals surface area contributed by atoms with E-state index >= 15 is 0 Å². The molecule has 0 fully saturated rings. The van der Waals surface area contributed by atoms with Crippen molar-refractivity contribution < 1.29 is 9.47 Å². The Hall–Kier alpha value is -2.00. The van der Waals surface area contributed by atoms with Crippen LogP contribution >= 0.6 is 11.6 Å². The molecule has 122 valence electrons. The number of methoxy groups -OCH3 is 1. The fraction of sp³-hybridized carbons (Fsp3) is 0.316. The Morgan fingerprint density at radius 3 is 2.70 bits per heavy atom. The molecular weight excluding hydrogens is 310 g/mol. The Balaban J connectivity index is 2.28. The minimum absolute atomic E-state index is 0.0770. The average Bonchev–Trinajstić information content (AvgIpc) is 2.54. The van der Waals surface area contributed by atoms with Crippen molar-refractivity contribution in [2.75, 3.05) is 7.11 Å². The topological polar surface area (TPSA) is 30.8 Å². The van der Waals surface area contributed by atoms with Crippen LogP contribution in [0, 0.1) is 6.92 Å². The normalized spacial score (nSPS) is 12.4. The number of ether oxygens (including phenoxy) is 2. The highest BCUT2D eigenvalue weighted by atomic mass is 35.5. The molecule has 0 spiro atoms. The minimum Gasteiger partial charge on any atom is -0.493 e. The number of nitrogens with zero attached hydrogens (tertiary/aromatic N) is 1. The van der Waals surface area contributed by atoms with Gasteiger partial charge < -0.3 is 9.47 Å². The van der Waals surface area contributed by atoms with Crippen molar-refractivity contribution in [3.05, 3.63) is 52.5 Å². The van der Waals surface area contributed by atoms with Crippen LogP contribution in [0.25, 0.3) is 0 Å². The van der Waals surface area contributed by atoms with Gasteiger partial charge in [0.05, 0.1) is 23.9 Å². The van der Waals surface area contributed by atoms with E-state index in [1.54, 1.807) is 13.3 Å². The number of aryl methyl sites for hydroxylation is 1. The highest BCUT2D eigenvalue weighted by molar-refractivity contribution is 6.32. The van der Waals surface area contributed by atoms with Crippen molar-refractivity contribution in [2.24, 2.45) is 4.99 Å². The maximum Gasteiger partial charge on any atom is 0.180 e. The van der Waals surface area contributed by atoms with Crippen LogP contribution in [0.1, 0.15) is 31.4 Å². The second-order valence-electron chi connectivity index (χ2n) is 5.47. The van der Waals surface area contributed by atoms with Crippen LogP contribution < -0.4 is 9.47 Å². The van der Waals surface area contributed by atoms with Gasteiger partial charge in [-0.05, 0) is 55.7 Å². The summed E-state index contributed by atoms with van der Waals surface area (Å²) in [6, 6.07) is 11.7. The van der Waals surface area contributed by atoms with Crippen LogP contribution in [0.4, 0.5) is 5.69 Å². The van der Waals surface area contributed by atoms with Gasteiger partial charge in [-0.3, -0.25) is 4.99 Å². The van der Waals surface area contributed by atoms with Crippen molar-refractivity contribution in [2.45, 2.75) is 33.3 Å². The molecule has 0 saturated carbocycles. The van der Waals surface area contributed by atoms with Gasteiger partial charge in [0.25, 0.3) is 0 Å². The average molecular weight is 332 g/mol. The smallest absolute Gasteiger partial charge is 0.180 e. The van der Waals surface area contributed by atoms with Gasteiger partial charge in [0.15, 0.2) is 11.5 Å². The zero-order valence-electron chi connectivity index (χ0n) is 14.0. The number of rotatable bonds is 6. The molecule has 0 aliphatic rings. The third kappa shape index (κ3) is 4.73. The van der Waals surface area contributed by atoms with Crippen molar-refractivity contribution >= 4 is 23.5 Å². The quantitative estimate of drug-likeness (QED) is 0.646. The number of hydrogen-bond donors (Lipinski definition) is 0. The lowest BCUT2D eigenvalue weighted by atomic mass is 10.2. The third-order valence-corrected chi connectivity index (χ3v) is 3.79. The van der Waals surface area contributed by atoms with E-state index in [-0.39, 0.29) is 6.10 Å². The van der Waals surface area contributed by atoms with Crippen molar-refractivity contribution in [1.29, 1.82) is 0 Å². The van der Waals surface area contributed by atoms with Crippen molar-refractivity contribution in [1.82, 2.24) is 0 Å². The van der Waals surface area contributed by atoms with Crippen LogP contribution in [0.2, 0.25) is 5.02 Å². The summed E-state index contributed by atoms with van der Waals surface area (Å²) in [4.78, 5) is 4.48. The van der Waals surface area contributed by atoms with Gasteiger partial charge in [-0.1, -0.05) is 30.7 Å². The van der Waals surface area contributed by atoms with E-state index in [4.69, 9.17) is 21.1 Å². The summed E-state index contributed by atoms with van der Waals surface area (Å²) in [7, 11) is 1.61. The summed E-state index contributed by atoms with van der Waals surface area (Å²) >= 11 is 6.35. The van der Waals surface area contributed by atoms with Gasteiger partial charge in [0.1, 0.15) is 0 Å². The molecule has 2 aromatic rings. The first-order chi connectivity index (χ1) is 11.0. The Morgan fingerprint density at radius 2 is 2.04 bits per heavy atom. The molecule has 0 saturated heterocycles. The lowest BCUT2D eigenvalue weighted by molar-refractivity contribution is 0.208. The van der Waals surface area contributed by atoms with E-state index in [2.05, 4.69) is 11.9 Å². The van der Waals surface area contributed by atoms with Crippen LogP contribution in [0.15, 0.2) is 41.4 Å². The zero-order chi connectivity index (χ0) is 16.8. The maximum absolute atomic E-state index is 6.35. The molecule has 2 aromatic carbocycles. The molecule has 0 N–H and O–H groups in total. The standard InChI is InChI=1S/C19H22ClNO2/c1-5-14(3)23-19-17(20)10-15(11-18(19)22-4)12-21-16-8-6-7-13(2)9-16/h6-12,14H,5H2,1-4H3/t14-/m0/s1. The molecule has 0 amide bonds. The van der Waals surface area contributed by atoms with Gasteiger partial charge in [0, 0.05) is 6.21 Å². The van der Waals surface area contributed by atoms with Gasteiger partial charge in [-0.15, -0.1) is 0 Å². The Bertz CT molecular complexity index is 698. The molecule has 0 aliphatic heterocycles. The highest BCUT2D eigenvalue weighted by Gasteiger charge is 2.13. The second kappa shape index (κ2) is 8.02. The van der Waals surface area contributed by atoms with Gasteiger partial charge in [-0.2, -0.15) is 0 Å². The predicted octanol–water partition coefficient (Wildman–Crippen LogP) is 5.58. The third-order valence-electron chi connectivity index (χ3n) is 3.51. The zero-order valence-corrected chi connectivity index (χ0v) is 14.7. The summed E-state index contributed by atoms with van der Waals surface area (Å²) in [5.41, 5.74) is 2.94. The first-order valence-corrected chi connectivity index (χ1v) is 8.06. The molecule has 4 heteroatoms. The maximum atomic E-state index is 6.35. The molecule has 1 atom stereocenters. The number of aliphatic imine (C=N–C) groups is 1. The first kappa shape index (κ1) is 17.4. The fourth-order valence-electron chi connectivity index (χ4n) is 2.07. The summed E-state index contributed by atoms with van der Waals surface area (Å²) in [5.74, 6) is 1.19. The number of halogens is 1. The highest BCUT2D eigenvalue weighted by Crippen LogP contribution is 2.37. The van der Waals surface area contributed by atoms with Crippen LogP contribution in [-0.2, 0) is 0 Å². The Morgan fingerprint density at radius 1 is 1.26 bits per heavy atom. The molecule has 23 heavy (non-hydrogen) atoms. The summed E-state index contributed by atoms with van der Waals surface area (Å²) in [5, 5.41) is 0.523. The number of hydrogen-bond acceptors (Lipinski definition) is 3. The monoisotopic (exact) mass is 331 g/mol. The fourth-order valence-corrected chi connectivity index (χ4v) is 2.33. The van der Waals surface area contributed by atoms with Crippen molar-refractivity contribution in [3.63, 3.8) is 0 Å². The Kier molecular flexibility index (Phi) is 6.05. The summed E-state index contributed by atoms with van der Waals surface area (Å²) in [6.45, 7) is 6.11. The lowest BCUT2D eigenvalue weighted by Crippen LogP contribution is -2.11. The van der Waals surface area contributed by atoms with Crippen LogP contribution in [0.5, 0.6) is 11.5 Å². The molecule has 3 nitrogen and oxygen atoms in total. The van der Waals surface area contributed by atoms with Gasteiger partial charge in [-0.25, -0.2) is 0 Å². The van der Waals surface area contributed by atoms with E-state index in [0.717, 1.165) is 17.7 Å². The molecule has 0 aromatic heterocycles. The second-order valence-corrected chi connectivity index (χ2v) is 5.88. The number of benzene rings is 2. The van der Waals surface area contributed by atoms with Crippen molar-refractivity contribution in [3.8, 4) is 11.5 Å². The summed E-state index contributed by atoms with van der Waals surface area (Å²) in [6.07, 6.45) is 2.75. The first-order valence-electron chi connectivity index (χ1n) is 7.68. The van der Waals surface area contributed by atoms with E-state index < -0.39 is 0 Å². The SMILES string of the molecule is CC[C@H](C)Oc1c(Cl)cc(C=Nc2cccc(C)c2)cc1OC. The lowest BCUT2D eigenvalue weighted by Gasteiger charge is -2.17. The molecule has 2 rings (SSSR count). The van der Waals surface area contributed by atoms with Crippen LogP contribution in [-0.4, -0.2) is 19.4 Å². The van der Waals surface area contributed by atoms with E-state index in [0.29, 0.717) is 16.5 Å². The predicted molar refractivity (Wildman–Crippen MR) is 96.8 cm³/mol. The molecule has 0 aliphatic carbocycles. The molecule has 0 heterocycles. The van der Waals surface area contributed by atoms with Gasteiger partial charge in [0.2, 0.25) is 0 Å². The molecule has 0 radical (unpaired) electrons. The van der Waals surface area contributed by atoms with E-state index in [9.17, 15) is 0 Å². The van der Waals surface area contributed by atoms with Crippen LogP contribution in [0.3, 0.4) is 0 Å². The molecule has 0 unspecified atom stereocenters.